The fraction of sp³-hybridized carbons (Fsp3) is 0.125. The number of hydrogen-bond donors (Lipinski definition) is 1. The first-order valence-electron chi connectivity index (χ1n) is 6.67. The second-order valence-corrected chi connectivity index (χ2v) is 4.92. The van der Waals surface area contributed by atoms with E-state index in [-0.39, 0.29) is 17.1 Å². The van der Waals surface area contributed by atoms with Crippen molar-refractivity contribution in [2.24, 2.45) is 7.05 Å². The Morgan fingerprint density at radius 2 is 1.68 bits per heavy atom. The van der Waals surface area contributed by atoms with E-state index in [0.29, 0.717) is 12.2 Å². The highest BCUT2D eigenvalue weighted by molar-refractivity contribution is 5.56. The van der Waals surface area contributed by atoms with Crippen molar-refractivity contribution in [1.82, 2.24) is 14.8 Å². The molecule has 4 nitrogen and oxygen atoms in total. The summed E-state index contributed by atoms with van der Waals surface area (Å²) in [5.74, 6) is -0.616. The van der Waals surface area contributed by atoms with E-state index in [1.54, 1.807) is 31.3 Å². The van der Waals surface area contributed by atoms with Gasteiger partial charge in [-0.1, -0.05) is 18.2 Å². The zero-order valence-corrected chi connectivity index (χ0v) is 11.8. The Labute approximate surface area is 125 Å². The Morgan fingerprint density at radius 3 is 2.32 bits per heavy atom. The summed E-state index contributed by atoms with van der Waals surface area (Å²) >= 11 is 0. The lowest BCUT2D eigenvalue weighted by Crippen LogP contribution is -2.00. The third kappa shape index (κ3) is 2.67. The molecule has 0 radical (unpaired) electrons. The van der Waals surface area contributed by atoms with Crippen molar-refractivity contribution < 1.29 is 13.9 Å². The number of phenols is 1. The molecule has 0 saturated heterocycles. The molecular weight excluding hydrogens is 288 g/mol. The summed E-state index contributed by atoms with van der Waals surface area (Å²) in [6, 6.07) is 10.3. The van der Waals surface area contributed by atoms with Gasteiger partial charge in [-0.15, -0.1) is 0 Å². The Hall–Kier alpha value is -2.76. The number of nitrogens with zero attached hydrogens (tertiary/aromatic N) is 3. The van der Waals surface area contributed by atoms with Gasteiger partial charge in [0.15, 0.2) is 5.82 Å². The van der Waals surface area contributed by atoms with Crippen LogP contribution in [0.25, 0.3) is 11.4 Å². The van der Waals surface area contributed by atoms with Crippen molar-refractivity contribution in [3.05, 3.63) is 65.5 Å². The number of aromatic hydroxyl groups is 1. The van der Waals surface area contributed by atoms with Crippen molar-refractivity contribution in [3.63, 3.8) is 0 Å². The highest BCUT2D eigenvalue weighted by Gasteiger charge is 2.17. The maximum absolute atomic E-state index is 13.8. The van der Waals surface area contributed by atoms with E-state index >= 15 is 0 Å². The van der Waals surface area contributed by atoms with Crippen molar-refractivity contribution in [2.45, 2.75) is 6.42 Å². The molecule has 112 valence electrons. The van der Waals surface area contributed by atoms with Crippen LogP contribution in [0.15, 0.2) is 42.5 Å². The predicted octanol–water partition coefficient (Wildman–Crippen LogP) is 3.06. The number of hydrogen-bond acceptors (Lipinski definition) is 3. The van der Waals surface area contributed by atoms with Gasteiger partial charge >= 0.3 is 0 Å². The molecular formula is C16H13F2N3O. The Kier molecular flexibility index (Phi) is 3.58. The first-order chi connectivity index (χ1) is 10.5. The first kappa shape index (κ1) is 14.2. The van der Waals surface area contributed by atoms with Gasteiger partial charge < -0.3 is 5.11 Å². The molecule has 0 atom stereocenters. The van der Waals surface area contributed by atoms with Crippen molar-refractivity contribution in [1.29, 1.82) is 0 Å². The smallest absolute Gasteiger partial charge is 0.187 e. The molecule has 0 unspecified atom stereocenters. The number of aromatic nitrogens is 3. The summed E-state index contributed by atoms with van der Waals surface area (Å²) in [6.07, 6.45) is 0.444. The summed E-state index contributed by atoms with van der Waals surface area (Å²) in [5.41, 5.74) is 0.684. The fourth-order valence-electron chi connectivity index (χ4n) is 2.18. The molecule has 0 aliphatic rings. The van der Waals surface area contributed by atoms with E-state index in [2.05, 4.69) is 10.1 Å². The topological polar surface area (TPSA) is 50.9 Å². The van der Waals surface area contributed by atoms with Gasteiger partial charge in [0.1, 0.15) is 23.2 Å². The van der Waals surface area contributed by atoms with Crippen molar-refractivity contribution >= 4 is 0 Å². The average molecular weight is 301 g/mol. The van der Waals surface area contributed by atoms with Gasteiger partial charge in [-0.25, -0.2) is 13.8 Å². The maximum atomic E-state index is 13.8. The minimum atomic E-state index is -0.693. The van der Waals surface area contributed by atoms with E-state index in [9.17, 15) is 13.9 Å². The minimum absolute atomic E-state index is 0.0203. The molecule has 1 heterocycles. The SMILES string of the molecule is Cn1nc(-c2c(F)cccc2F)nc1Cc1ccc(O)cc1. The summed E-state index contributed by atoms with van der Waals surface area (Å²) in [4.78, 5) is 4.23. The third-order valence-corrected chi connectivity index (χ3v) is 3.34. The number of rotatable bonds is 3. The molecule has 2 aromatic carbocycles. The fourth-order valence-corrected chi connectivity index (χ4v) is 2.18. The van der Waals surface area contributed by atoms with Gasteiger partial charge in [-0.3, -0.25) is 4.68 Å². The second kappa shape index (κ2) is 5.55. The van der Waals surface area contributed by atoms with Gasteiger partial charge in [-0.05, 0) is 29.8 Å². The average Bonchev–Trinajstić information content (AvgIpc) is 2.82. The van der Waals surface area contributed by atoms with Crippen LogP contribution in [0, 0.1) is 11.6 Å². The van der Waals surface area contributed by atoms with Crippen molar-refractivity contribution in [2.75, 3.05) is 0 Å². The third-order valence-electron chi connectivity index (χ3n) is 3.34. The predicted molar refractivity (Wildman–Crippen MR) is 77.3 cm³/mol. The van der Waals surface area contributed by atoms with Crippen LogP contribution in [-0.2, 0) is 13.5 Å². The van der Waals surface area contributed by atoms with Crippen molar-refractivity contribution in [3.8, 4) is 17.1 Å². The van der Waals surface area contributed by atoms with Crippen LogP contribution < -0.4 is 0 Å². The van der Waals surface area contributed by atoms with Crippen LogP contribution in [0.3, 0.4) is 0 Å². The van der Waals surface area contributed by atoms with E-state index in [1.807, 2.05) is 0 Å². The van der Waals surface area contributed by atoms with Gasteiger partial charge in [-0.2, -0.15) is 5.10 Å². The monoisotopic (exact) mass is 301 g/mol. The molecule has 22 heavy (non-hydrogen) atoms. The van der Waals surface area contributed by atoms with E-state index in [4.69, 9.17) is 0 Å². The quantitative estimate of drug-likeness (QED) is 0.809. The Balaban J connectivity index is 1.96. The molecule has 3 rings (SSSR count). The molecule has 0 amide bonds. The minimum Gasteiger partial charge on any atom is -0.508 e. The van der Waals surface area contributed by atoms with Gasteiger partial charge in [0, 0.05) is 13.5 Å². The lowest BCUT2D eigenvalue weighted by Gasteiger charge is -2.00. The Bertz CT molecular complexity index is 793. The normalized spacial score (nSPS) is 10.9. The summed E-state index contributed by atoms with van der Waals surface area (Å²) in [7, 11) is 1.67. The summed E-state index contributed by atoms with van der Waals surface area (Å²) in [5, 5.41) is 13.4. The molecule has 3 aromatic rings. The van der Waals surface area contributed by atoms with E-state index in [0.717, 1.165) is 5.56 Å². The lowest BCUT2D eigenvalue weighted by atomic mass is 10.1. The van der Waals surface area contributed by atoms with Crippen LogP contribution in [0.1, 0.15) is 11.4 Å². The molecule has 1 aromatic heterocycles. The Morgan fingerprint density at radius 1 is 1.05 bits per heavy atom. The van der Waals surface area contributed by atoms with Gasteiger partial charge in [0.25, 0.3) is 0 Å². The first-order valence-corrected chi connectivity index (χ1v) is 6.67. The summed E-state index contributed by atoms with van der Waals surface area (Å²) < 4.78 is 29.1. The van der Waals surface area contributed by atoms with Crippen LogP contribution in [-0.4, -0.2) is 19.9 Å². The highest BCUT2D eigenvalue weighted by Crippen LogP contribution is 2.23. The molecule has 0 bridgehead atoms. The van der Waals surface area contributed by atoms with Crippen LogP contribution in [0.2, 0.25) is 0 Å². The number of phenolic OH excluding ortho intramolecular Hbond substituents is 1. The highest BCUT2D eigenvalue weighted by atomic mass is 19.1. The van der Waals surface area contributed by atoms with Gasteiger partial charge in [0.2, 0.25) is 0 Å². The van der Waals surface area contributed by atoms with E-state index in [1.165, 1.54) is 22.9 Å². The zero-order valence-electron chi connectivity index (χ0n) is 11.8. The lowest BCUT2D eigenvalue weighted by molar-refractivity contribution is 0.475. The molecule has 0 saturated carbocycles. The molecule has 1 N–H and O–H groups in total. The van der Waals surface area contributed by atoms with Crippen LogP contribution >= 0.6 is 0 Å². The number of benzene rings is 2. The number of halogens is 2. The van der Waals surface area contributed by atoms with Gasteiger partial charge in [0.05, 0.1) is 5.56 Å². The van der Waals surface area contributed by atoms with E-state index < -0.39 is 11.6 Å². The number of aryl methyl sites for hydroxylation is 1. The maximum Gasteiger partial charge on any atom is 0.187 e. The standard InChI is InChI=1S/C16H13F2N3O/c1-21-14(9-10-5-7-11(22)8-6-10)19-16(20-21)15-12(17)3-2-4-13(15)18/h2-8,22H,9H2,1H3. The molecule has 0 spiro atoms. The molecule has 0 fully saturated rings. The second-order valence-electron chi connectivity index (χ2n) is 4.92. The molecule has 0 aliphatic carbocycles. The largest absolute Gasteiger partial charge is 0.508 e. The van der Waals surface area contributed by atoms with Crippen LogP contribution in [0.5, 0.6) is 5.75 Å². The molecule has 6 heteroatoms. The molecule has 0 aliphatic heterocycles. The zero-order chi connectivity index (χ0) is 15.7. The van der Waals surface area contributed by atoms with Crippen LogP contribution in [0.4, 0.5) is 8.78 Å². The summed E-state index contributed by atoms with van der Waals surface area (Å²) in [6.45, 7) is 0.